The van der Waals surface area contributed by atoms with Gasteiger partial charge in [-0.3, -0.25) is 0 Å². The van der Waals surface area contributed by atoms with Gasteiger partial charge in [-0.25, -0.2) is 0 Å². The lowest BCUT2D eigenvalue weighted by molar-refractivity contribution is 0.658. The van der Waals surface area contributed by atoms with Gasteiger partial charge in [-0.05, 0) is 190 Å². The Balaban J connectivity index is 0.00000263. The van der Waals surface area contributed by atoms with Crippen molar-refractivity contribution in [2.45, 2.75) is 105 Å². The Morgan fingerprint density at radius 1 is 0.554 bits per heavy atom. The number of hydrogen-bond acceptors (Lipinski definition) is 1. The summed E-state index contributed by atoms with van der Waals surface area (Å²) in [5.41, 5.74) is 25.5. The lowest BCUT2D eigenvalue weighted by Crippen LogP contribution is -2.17. The highest BCUT2D eigenvalue weighted by Gasteiger charge is 2.38. The van der Waals surface area contributed by atoms with Crippen molar-refractivity contribution in [2.75, 3.05) is 4.90 Å². The van der Waals surface area contributed by atoms with Crippen molar-refractivity contribution >= 4 is 28.1 Å². The van der Waals surface area contributed by atoms with E-state index >= 15 is 0 Å². The first kappa shape index (κ1) is 43.8. The predicted molar refractivity (Wildman–Crippen MR) is 282 cm³/mol. The lowest BCUT2D eigenvalue weighted by atomic mass is 9.77. The number of nitrogens with zero attached hydrogens (tertiary/aromatic N) is 1. The largest absolute Gasteiger partial charge is 0.314 e. The minimum Gasteiger partial charge on any atom is -0.314 e. The smallest absolute Gasteiger partial charge is 0.0458 e. The molecule has 0 N–H and O–H groups in total. The molecule has 0 aromatic heterocycles. The van der Waals surface area contributed by atoms with Crippen LogP contribution >= 0.6 is 0 Å². The number of hydrogen-bond donors (Lipinski definition) is 0. The number of anilines is 2. The van der Waals surface area contributed by atoms with E-state index in [4.69, 9.17) is 0 Å². The molecule has 0 bridgehead atoms. The lowest BCUT2D eigenvalue weighted by Gasteiger charge is -2.30. The second kappa shape index (κ2) is 19.3. The molecular formula is C64H65N. The molecule has 0 unspecified atom stereocenters. The van der Waals surface area contributed by atoms with Gasteiger partial charge in [0, 0.05) is 22.5 Å². The van der Waals surface area contributed by atoms with Crippen LogP contribution in [0.5, 0.6) is 0 Å². The van der Waals surface area contributed by atoms with Crippen LogP contribution in [0.4, 0.5) is 11.4 Å². The number of allylic oxidation sites excluding steroid dienone is 12. The topological polar surface area (TPSA) is 3.24 Å². The quantitative estimate of drug-likeness (QED) is 0.126. The van der Waals surface area contributed by atoms with Crippen LogP contribution in [-0.4, -0.2) is 0 Å². The second-order valence-electron chi connectivity index (χ2n) is 18.5. The molecule has 0 atom stereocenters. The number of unbranched alkanes of at least 4 members (excludes halogenated alkanes) is 1. The monoisotopic (exact) mass is 848 g/mol. The van der Waals surface area contributed by atoms with Gasteiger partial charge >= 0.3 is 0 Å². The van der Waals surface area contributed by atoms with E-state index in [0.717, 1.165) is 25.7 Å². The van der Waals surface area contributed by atoms with Crippen molar-refractivity contribution in [3.8, 4) is 33.4 Å². The molecule has 0 saturated carbocycles. The molecule has 65 heavy (non-hydrogen) atoms. The van der Waals surface area contributed by atoms with Crippen LogP contribution in [-0.2, 0) is 5.41 Å². The molecule has 0 heterocycles. The molecule has 1 nitrogen and oxygen atoms in total. The predicted octanol–water partition coefficient (Wildman–Crippen LogP) is 18.6. The summed E-state index contributed by atoms with van der Waals surface area (Å²) in [6.07, 6.45) is 26.8. The van der Waals surface area contributed by atoms with Crippen molar-refractivity contribution in [1.29, 1.82) is 0 Å². The molecule has 4 aliphatic carbocycles. The Labute approximate surface area is 390 Å². The van der Waals surface area contributed by atoms with Gasteiger partial charge in [0.1, 0.15) is 0 Å². The number of benzene rings is 6. The Kier molecular flexibility index (Phi) is 13.0. The summed E-state index contributed by atoms with van der Waals surface area (Å²) in [4.78, 5) is 2.45. The molecule has 0 spiro atoms. The molecule has 0 aliphatic heterocycles. The highest BCUT2D eigenvalue weighted by atomic mass is 15.1. The Morgan fingerprint density at radius 2 is 1.23 bits per heavy atom. The zero-order chi connectivity index (χ0) is 44.9. The third-order valence-corrected chi connectivity index (χ3v) is 14.0. The Bertz CT molecular complexity index is 2870. The van der Waals surface area contributed by atoms with Gasteiger partial charge in [0.25, 0.3) is 0 Å². The molecule has 326 valence electrons. The van der Waals surface area contributed by atoms with Gasteiger partial charge < -0.3 is 4.90 Å². The summed E-state index contributed by atoms with van der Waals surface area (Å²) < 4.78 is 0. The van der Waals surface area contributed by atoms with Gasteiger partial charge in [0.05, 0.1) is 0 Å². The molecular weight excluding hydrogens is 783 g/mol. The first-order valence-corrected chi connectivity index (χ1v) is 24.5. The maximum Gasteiger partial charge on any atom is 0.0458 e. The maximum absolute atomic E-state index is 2.45. The van der Waals surface area contributed by atoms with Crippen LogP contribution in [0.2, 0.25) is 0 Å². The zero-order valence-corrected chi connectivity index (χ0v) is 39.6. The third kappa shape index (κ3) is 8.74. The highest BCUT2D eigenvalue weighted by Crippen LogP contribution is 2.54. The minimum absolute atomic E-state index is 0.119. The summed E-state index contributed by atoms with van der Waals surface area (Å²) in [6, 6.07) is 50.3. The number of para-hydroxylation sites is 1. The normalized spacial score (nSPS) is 15.9. The van der Waals surface area contributed by atoms with Crippen LogP contribution in [0.15, 0.2) is 187 Å². The van der Waals surface area contributed by atoms with Crippen LogP contribution < -0.4 is 4.90 Å². The van der Waals surface area contributed by atoms with Gasteiger partial charge in [-0.15, -0.1) is 0 Å². The number of rotatable bonds is 11. The summed E-state index contributed by atoms with van der Waals surface area (Å²) in [6.45, 7) is 13.4. The molecule has 10 rings (SSSR count). The van der Waals surface area contributed by atoms with Crippen molar-refractivity contribution in [1.82, 2.24) is 0 Å². The minimum atomic E-state index is -0.119. The van der Waals surface area contributed by atoms with E-state index in [-0.39, 0.29) is 5.41 Å². The standard InChI is InChI=1S/C62H59N.C2H6/c1-5-6-18-47-23-16-17-26-56(47)55-37-31-49(39-43(55)2)45-27-33-53(34-28-45)63(52-24-14-9-15-25-52)54-35-29-46(30-36-54)50-32-38-60-58(40-50)59-42-51(44-19-10-7-11-20-44)41-57(61(59)62(60,3)4)48-21-12-8-13-22-48;1-2/h7,9-12,14-15,17,19-22,24-27,29-33,35-42H,5-6,8,13,16,18,23,28,34H2,1-4H3;1-2H3. The average molecular weight is 848 g/mol. The summed E-state index contributed by atoms with van der Waals surface area (Å²) in [5, 5.41) is 0. The van der Waals surface area contributed by atoms with Gasteiger partial charge in [0.2, 0.25) is 0 Å². The molecule has 0 radical (unpaired) electrons. The van der Waals surface area contributed by atoms with E-state index in [0.29, 0.717) is 0 Å². The first-order valence-electron chi connectivity index (χ1n) is 24.5. The van der Waals surface area contributed by atoms with E-state index in [9.17, 15) is 0 Å². The van der Waals surface area contributed by atoms with Crippen molar-refractivity contribution in [2.24, 2.45) is 0 Å². The van der Waals surface area contributed by atoms with Crippen molar-refractivity contribution in [3.05, 3.63) is 221 Å². The van der Waals surface area contributed by atoms with E-state index in [1.165, 1.54) is 133 Å². The molecule has 0 saturated heterocycles. The Hall–Kier alpha value is -6.44. The fourth-order valence-corrected chi connectivity index (χ4v) is 10.7. The van der Waals surface area contributed by atoms with Crippen LogP contribution in [0.25, 0.3) is 50.1 Å². The number of aryl methyl sites for hydroxylation is 1. The van der Waals surface area contributed by atoms with Gasteiger partial charge in [0.15, 0.2) is 0 Å². The summed E-state index contributed by atoms with van der Waals surface area (Å²) in [7, 11) is 0. The van der Waals surface area contributed by atoms with Crippen molar-refractivity contribution < 1.29 is 0 Å². The fourth-order valence-electron chi connectivity index (χ4n) is 10.7. The summed E-state index contributed by atoms with van der Waals surface area (Å²) in [5.74, 6) is 0. The van der Waals surface area contributed by atoms with E-state index in [1.54, 1.807) is 5.57 Å². The molecule has 6 aromatic carbocycles. The van der Waals surface area contributed by atoms with Crippen LogP contribution in [0.1, 0.15) is 126 Å². The van der Waals surface area contributed by atoms with Crippen LogP contribution in [0, 0.1) is 6.92 Å². The fraction of sp³-hybridized carbons (Fsp3) is 0.250. The summed E-state index contributed by atoms with van der Waals surface area (Å²) >= 11 is 0. The second-order valence-corrected chi connectivity index (χ2v) is 18.5. The van der Waals surface area contributed by atoms with E-state index < -0.39 is 0 Å². The molecule has 0 fully saturated rings. The van der Waals surface area contributed by atoms with E-state index in [2.05, 4.69) is 209 Å². The zero-order valence-electron chi connectivity index (χ0n) is 39.6. The Morgan fingerprint density at radius 3 is 1.94 bits per heavy atom. The first-order chi connectivity index (χ1) is 31.9. The molecule has 6 aromatic rings. The molecule has 0 amide bonds. The van der Waals surface area contributed by atoms with E-state index in [1.807, 2.05) is 13.8 Å². The molecule has 1 heteroatoms. The highest BCUT2D eigenvalue weighted by molar-refractivity contribution is 5.94. The average Bonchev–Trinajstić information content (AvgIpc) is 3.60. The van der Waals surface area contributed by atoms with Crippen LogP contribution in [0.3, 0.4) is 0 Å². The molecule has 4 aliphatic rings. The third-order valence-electron chi connectivity index (χ3n) is 14.0. The van der Waals surface area contributed by atoms with Crippen molar-refractivity contribution in [3.63, 3.8) is 0 Å². The van der Waals surface area contributed by atoms with Gasteiger partial charge in [-0.1, -0.05) is 174 Å². The maximum atomic E-state index is 2.45. The SMILES string of the molecule is CC.CCCCC1=C(c2ccc(C3=CC=C(N(c4ccccc4)c4ccc(-c5ccc6c(c5)-c5cc(-c7ccccc7)cc(C7=CCCC=C7)c5C6(C)C)cc4)CC3)cc2C)C=CCC1. The van der Waals surface area contributed by atoms with Gasteiger partial charge in [-0.2, -0.15) is 0 Å². The number of fused-ring (bicyclic) bond motifs is 3.